The van der Waals surface area contributed by atoms with Gasteiger partial charge in [-0.15, -0.1) is 0 Å². The quantitative estimate of drug-likeness (QED) is 0.842. The molecule has 0 fully saturated rings. The Bertz CT molecular complexity index is 435. The van der Waals surface area contributed by atoms with Crippen LogP contribution in [-0.2, 0) is 0 Å². The van der Waals surface area contributed by atoms with E-state index in [0.29, 0.717) is 16.8 Å². The van der Waals surface area contributed by atoms with E-state index >= 15 is 0 Å². The zero-order chi connectivity index (χ0) is 14.4. The molecule has 0 radical (unpaired) electrons. The number of halogens is 1. The highest BCUT2D eigenvalue weighted by atomic mass is 35.5. The first-order valence-electron chi connectivity index (χ1n) is 6.59. The monoisotopic (exact) mass is 283 g/mol. The molecule has 1 aromatic heterocycles. The Kier molecular flexibility index (Phi) is 6.09. The summed E-state index contributed by atoms with van der Waals surface area (Å²) in [4.78, 5) is 16.3. The smallest absolute Gasteiger partial charge is 0.271 e. The Balaban J connectivity index is 2.67. The van der Waals surface area contributed by atoms with Gasteiger partial charge in [-0.25, -0.2) is 4.98 Å². The summed E-state index contributed by atoms with van der Waals surface area (Å²) in [5, 5.41) is 6.19. The van der Waals surface area contributed by atoms with Crippen LogP contribution < -0.4 is 10.6 Å². The lowest BCUT2D eigenvalue weighted by molar-refractivity contribution is 0.0932. The van der Waals surface area contributed by atoms with E-state index in [4.69, 9.17) is 11.6 Å². The number of carbonyl (C=O) groups excluding carboxylic acids is 1. The molecule has 0 aromatic carbocycles. The number of rotatable bonds is 6. The molecule has 19 heavy (non-hydrogen) atoms. The molecule has 0 aliphatic rings. The third-order valence-corrected chi connectivity index (χ3v) is 3.18. The molecular weight excluding hydrogens is 262 g/mol. The molecule has 5 heteroatoms. The van der Waals surface area contributed by atoms with Crippen molar-refractivity contribution in [1.82, 2.24) is 10.3 Å². The number of carbonyl (C=O) groups is 1. The third kappa shape index (κ3) is 5.07. The summed E-state index contributed by atoms with van der Waals surface area (Å²) in [6.07, 6.45) is 2.03. The average Bonchev–Trinajstić information content (AvgIpc) is 2.36. The first kappa shape index (κ1) is 15.8. The number of pyridine rings is 1. The van der Waals surface area contributed by atoms with Crippen molar-refractivity contribution >= 4 is 23.3 Å². The van der Waals surface area contributed by atoms with Crippen molar-refractivity contribution in [2.45, 2.75) is 39.7 Å². The van der Waals surface area contributed by atoms with E-state index in [1.54, 1.807) is 19.2 Å². The van der Waals surface area contributed by atoms with Gasteiger partial charge in [0.2, 0.25) is 0 Å². The van der Waals surface area contributed by atoms with Crippen LogP contribution in [0.25, 0.3) is 0 Å². The molecule has 0 bridgehead atoms. The van der Waals surface area contributed by atoms with Crippen molar-refractivity contribution in [1.29, 1.82) is 0 Å². The minimum atomic E-state index is -0.224. The van der Waals surface area contributed by atoms with Crippen molar-refractivity contribution in [3.8, 4) is 0 Å². The number of nitrogens with zero attached hydrogens (tertiary/aromatic N) is 1. The number of amides is 1. The van der Waals surface area contributed by atoms with E-state index in [1.165, 1.54) is 0 Å². The predicted octanol–water partition coefficient (Wildman–Crippen LogP) is 3.33. The second kappa shape index (κ2) is 7.34. The summed E-state index contributed by atoms with van der Waals surface area (Å²) >= 11 is 6.01. The van der Waals surface area contributed by atoms with E-state index in [1.807, 2.05) is 6.92 Å². The van der Waals surface area contributed by atoms with E-state index in [0.717, 1.165) is 12.8 Å². The van der Waals surface area contributed by atoms with Gasteiger partial charge >= 0.3 is 0 Å². The van der Waals surface area contributed by atoms with E-state index in [9.17, 15) is 4.79 Å². The van der Waals surface area contributed by atoms with Crippen LogP contribution in [-0.4, -0.2) is 24.0 Å². The molecule has 0 aliphatic heterocycles. The van der Waals surface area contributed by atoms with Crippen LogP contribution in [0.2, 0.25) is 5.02 Å². The van der Waals surface area contributed by atoms with E-state index < -0.39 is 0 Å². The van der Waals surface area contributed by atoms with Crippen molar-refractivity contribution < 1.29 is 4.79 Å². The molecule has 2 N–H and O–H groups in total. The Morgan fingerprint density at radius 1 is 1.32 bits per heavy atom. The molecule has 1 aromatic rings. The summed E-state index contributed by atoms with van der Waals surface area (Å²) in [6, 6.07) is 3.53. The van der Waals surface area contributed by atoms with Crippen molar-refractivity contribution in [3.05, 3.63) is 22.8 Å². The van der Waals surface area contributed by atoms with Gasteiger partial charge in [-0.3, -0.25) is 4.79 Å². The molecule has 1 amide bonds. The second-order valence-electron chi connectivity index (χ2n) is 5.12. The number of hydrogen-bond donors (Lipinski definition) is 2. The Morgan fingerprint density at radius 2 is 2.00 bits per heavy atom. The highest BCUT2D eigenvalue weighted by Crippen LogP contribution is 2.17. The van der Waals surface area contributed by atoms with Gasteiger partial charge in [0.1, 0.15) is 11.5 Å². The summed E-state index contributed by atoms with van der Waals surface area (Å²) < 4.78 is 0. The fraction of sp³-hybridized carbons (Fsp3) is 0.571. The lowest BCUT2D eigenvalue weighted by Gasteiger charge is -2.15. The van der Waals surface area contributed by atoms with Gasteiger partial charge in [0.15, 0.2) is 0 Å². The molecular formula is C14H22ClN3O. The summed E-state index contributed by atoms with van der Waals surface area (Å²) in [6.45, 7) is 6.34. The number of hydrogen-bond acceptors (Lipinski definition) is 3. The average molecular weight is 284 g/mol. The fourth-order valence-corrected chi connectivity index (χ4v) is 1.88. The summed E-state index contributed by atoms with van der Waals surface area (Å²) in [5.74, 6) is 1.04. The standard InChI is InChI=1S/C14H22ClN3O/c1-9(2)5-6-10(3)17-14(19)13-11(15)7-8-12(16-4)18-13/h7-10H,5-6H2,1-4H3,(H,16,18)(H,17,19). The first-order chi connectivity index (χ1) is 8.93. The first-order valence-corrected chi connectivity index (χ1v) is 6.97. The van der Waals surface area contributed by atoms with Gasteiger partial charge in [0, 0.05) is 13.1 Å². The molecule has 0 saturated heterocycles. The largest absolute Gasteiger partial charge is 0.373 e. The normalized spacial score (nSPS) is 12.3. The third-order valence-electron chi connectivity index (χ3n) is 2.87. The van der Waals surface area contributed by atoms with Crippen molar-refractivity contribution in [2.75, 3.05) is 12.4 Å². The highest BCUT2D eigenvalue weighted by molar-refractivity contribution is 6.33. The number of anilines is 1. The lowest BCUT2D eigenvalue weighted by atomic mass is 10.0. The number of nitrogens with one attached hydrogen (secondary N) is 2. The molecule has 0 aliphatic carbocycles. The fourth-order valence-electron chi connectivity index (χ4n) is 1.69. The van der Waals surface area contributed by atoms with Gasteiger partial charge in [-0.1, -0.05) is 25.4 Å². The van der Waals surface area contributed by atoms with Gasteiger partial charge < -0.3 is 10.6 Å². The van der Waals surface area contributed by atoms with Gasteiger partial charge in [0.05, 0.1) is 5.02 Å². The van der Waals surface area contributed by atoms with Crippen LogP contribution in [0.3, 0.4) is 0 Å². The number of aromatic nitrogens is 1. The van der Waals surface area contributed by atoms with Crippen LogP contribution >= 0.6 is 11.6 Å². The lowest BCUT2D eigenvalue weighted by Crippen LogP contribution is -2.33. The molecule has 0 spiro atoms. The van der Waals surface area contributed by atoms with Crippen molar-refractivity contribution in [3.63, 3.8) is 0 Å². The minimum absolute atomic E-state index is 0.117. The molecule has 1 atom stereocenters. The second-order valence-corrected chi connectivity index (χ2v) is 5.53. The van der Waals surface area contributed by atoms with Gasteiger partial charge in [-0.05, 0) is 37.8 Å². The maximum absolute atomic E-state index is 12.1. The minimum Gasteiger partial charge on any atom is -0.373 e. The molecule has 106 valence electrons. The molecule has 1 heterocycles. The SMILES string of the molecule is CNc1ccc(Cl)c(C(=O)NC(C)CCC(C)C)n1. The molecule has 0 saturated carbocycles. The molecule has 1 unspecified atom stereocenters. The topological polar surface area (TPSA) is 54.0 Å². The van der Waals surface area contributed by atoms with Crippen LogP contribution in [0, 0.1) is 5.92 Å². The van der Waals surface area contributed by atoms with E-state index in [-0.39, 0.29) is 17.6 Å². The Morgan fingerprint density at radius 3 is 2.58 bits per heavy atom. The maximum atomic E-state index is 12.1. The van der Waals surface area contributed by atoms with Gasteiger partial charge in [0.25, 0.3) is 5.91 Å². The highest BCUT2D eigenvalue weighted by Gasteiger charge is 2.15. The van der Waals surface area contributed by atoms with Crippen molar-refractivity contribution in [2.24, 2.45) is 5.92 Å². The summed E-state index contributed by atoms with van der Waals surface area (Å²) in [7, 11) is 1.75. The summed E-state index contributed by atoms with van der Waals surface area (Å²) in [5.41, 5.74) is 0.268. The predicted molar refractivity (Wildman–Crippen MR) is 79.8 cm³/mol. The Labute approximate surface area is 120 Å². The molecule has 1 rings (SSSR count). The Hall–Kier alpha value is -1.29. The zero-order valence-electron chi connectivity index (χ0n) is 12.0. The van der Waals surface area contributed by atoms with Crippen LogP contribution in [0.15, 0.2) is 12.1 Å². The van der Waals surface area contributed by atoms with Crippen LogP contribution in [0.4, 0.5) is 5.82 Å². The zero-order valence-corrected chi connectivity index (χ0v) is 12.7. The van der Waals surface area contributed by atoms with E-state index in [2.05, 4.69) is 29.5 Å². The van der Waals surface area contributed by atoms with Crippen LogP contribution in [0.5, 0.6) is 0 Å². The maximum Gasteiger partial charge on any atom is 0.271 e. The van der Waals surface area contributed by atoms with Crippen LogP contribution in [0.1, 0.15) is 44.1 Å². The molecule has 4 nitrogen and oxygen atoms in total. The van der Waals surface area contributed by atoms with Gasteiger partial charge in [-0.2, -0.15) is 0 Å².